The van der Waals surface area contributed by atoms with E-state index in [1.807, 2.05) is 0 Å². The van der Waals surface area contributed by atoms with Crippen molar-refractivity contribution >= 4 is 45.5 Å². The van der Waals surface area contributed by atoms with Crippen LogP contribution in [-0.2, 0) is 7.05 Å². The van der Waals surface area contributed by atoms with E-state index in [-0.39, 0.29) is 11.6 Å². The lowest BCUT2D eigenvalue weighted by atomic mass is 10.2. The van der Waals surface area contributed by atoms with Crippen molar-refractivity contribution < 1.29 is 14.7 Å². The van der Waals surface area contributed by atoms with E-state index >= 15 is 0 Å². The van der Waals surface area contributed by atoms with Gasteiger partial charge in [0.1, 0.15) is 5.65 Å². The highest BCUT2D eigenvalue weighted by Crippen LogP contribution is 2.20. The molecule has 0 aliphatic heterocycles. The molecule has 0 saturated heterocycles. The van der Waals surface area contributed by atoms with Gasteiger partial charge in [-0.25, -0.2) is 4.79 Å². The van der Waals surface area contributed by atoms with Gasteiger partial charge in [-0.3, -0.25) is 9.59 Å². The molecule has 0 bridgehead atoms. The van der Waals surface area contributed by atoms with Gasteiger partial charge in [0.05, 0.1) is 15.8 Å². The maximum Gasteiger partial charge on any atom is 0.356 e. The molecule has 0 spiro atoms. The number of aromatic carboxylic acids is 1. The summed E-state index contributed by atoms with van der Waals surface area (Å²) in [6, 6.07) is 9.79. The van der Waals surface area contributed by atoms with E-state index in [1.165, 1.54) is 17.4 Å². The molecule has 0 aliphatic rings. The maximum atomic E-state index is 12.7. The van der Waals surface area contributed by atoms with Gasteiger partial charge in [-0.1, -0.05) is 6.07 Å². The normalized spacial score (nSPS) is 11.1. The van der Waals surface area contributed by atoms with E-state index in [0.29, 0.717) is 27.1 Å². The molecule has 8 nitrogen and oxygen atoms in total. The first-order valence-corrected chi connectivity index (χ1v) is 8.44. The molecule has 26 heavy (non-hydrogen) atoms. The molecule has 0 aliphatic carbocycles. The van der Waals surface area contributed by atoms with Crippen LogP contribution in [-0.4, -0.2) is 31.2 Å². The predicted octanol–water partition coefficient (Wildman–Crippen LogP) is 2.20. The van der Waals surface area contributed by atoms with Crippen LogP contribution in [0.3, 0.4) is 0 Å². The fourth-order valence-corrected chi connectivity index (χ4v) is 3.40. The lowest BCUT2D eigenvalue weighted by Gasteiger charge is -2.10. The summed E-state index contributed by atoms with van der Waals surface area (Å²) in [6.07, 6.45) is 0. The van der Waals surface area contributed by atoms with Gasteiger partial charge in [0.25, 0.3) is 11.5 Å². The molecule has 2 N–H and O–H groups in total. The number of fused-ring (bicyclic) bond motifs is 2. The number of hydrogen-bond acceptors (Lipinski definition) is 5. The van der Waals surface area contributed by atoms with E-state index < -0.39 is 11.5 Å². The van der Waals surface area contributed by atoms with Crippen molar-refractivity contribution in [2.75, 3.05) is 5.32 Å². The molecule has 130 valence electrons. The van der Waals surface area contributed by atoms with Gasteiger partial charge in [-0.05, 0) is 29.6 Å². The Balaban J connectivity index is 1.86. The molecule has 3 aromatic heterocycles. The molecule has 0 unspecified atom stereocenters. The van der Waals surface area contributed by atoms with Crippen LogP contribution in [0.4, 0.5) is 5.69 Å². The molecule has 0 atom stereocenters. The number of aromatic nitrogens is 3. The Morgan fingerprint density at radius 1 is 1.23 bits per heavy atom. The van der Waals surface area contributed by atoms with Gasteiger partial charge in [-0.15, -0.1) is 11.3 Å². The van der Waals surface area contributed by atoms with Gasteiger partial charge in [0.15, 0.2) is 5.69 Å². The van der Waals surface area contributed by atoms with Crippen LogP contribution in [0.5, 0.6) is 0 Å². The highest BCUT2D eigenvalue weighted by Gasteiger charge is 2.16. The average molecular weight is 368 g/mol. The van der Waals surface area contributed by atoms with Crippen molar-refractivity contribution in [2.24, 2.45) is 7.05 Å². The highest BCUT2D eigenvalue weighted by molar-refractivity contribution is 7.12. The number of carbonyl (C=O) groups is 2. The summed E-state index contributed by atoms with van der Waals surface area (Å²) in [5.74, 6) is -1.47. The number of benzene rings is 1. The number of carbonyl (C=O) groups excluding carboxylic acids is 1. The van der Waals surface area contributed by atoms with E-state index in [4.69, 9.17) is 5.11 Å². The van der Waals surface area contributed by atoms with E-state index in [0.717, 1.165) is 4.52 Å². The van der Waals surface area contributed by atoms with Gasteiger partial charge in [0.2, 0.25) is 0 Å². The Morgan fingerprint density at radius 2 is 2.04 bits per heavy atom. The third kappa shape index (κ3) is 2.45. The summed E-state index contributed by atoms with van der Waals surface area (Å²) >= 11 is 1.32. The zero-order valence-corrected chi connectivity index (χ0v) is 14.3. The Labute approximate surface area is 149 Å². The van der Waals surface area contributed by atoms with Crippen LogP contribution in [0.25, 0.3) is 16.6 Å². The van der Waals surface area contributed by atoms with Gasteiger partial charge in [-0.2, -0.15) is 9.61 Å². The van der Waals surface area contributed by atoms with Crippen molar-refractivity contribution in [3.8, 4) is 0 Å². The second-order valence-electron chi connectivity index (χ2n) is 5.63. The zero-order chi connectivity index (χ0) is 18.4. The summed E-state index contributed by atoms with van der Waals surface area (Å²) < 4.78 is 2.73. The Hall–Kier alpha value is -3.46. The second-order valence-corrected chi connectivity index (χ2v) is 6.58. The SMILES string of the molecule is Cn1c2ccc(NC(=O)c3cccs3)cc2c(=O)n2nc(C(=O)O)cc12. The molecule has 1 amide bonds. The molecule has 3 heterocycles. The summed E-state index contributed by atoms with van der Waals surface area (Å²) in [6.45, 7) is 0. The number of hydrogen-bond donors (Lipinski definition) is 2. The van der Waals surface area contributed by atoms with Gasteiger partial charge in [0, 0.05) is 18.8 Å². The third-order valence-electron chi connectivity index (χ3n) is 4.04. The number of nitrogens with zero attached hydrogens (tertiary/aromatic N) is 3. The van der Waals surface area contributed by atoms with E-state index in [9.17, 15) is 14.4 Å². The first-order chi connectivity index (χ1) is 12.5. The van der Waals surface area contributed by atoms with Crippen LogP contribution >= 0.6 is 11.3 Å². The molecule has 0 saturated carbocycles. The number of nitrogens with one attached hydrogen (secondary N) is 1. The van der Waals surface area contributed by atoms with Crippen molar-refractivity contribution in [1.29, 1.82) is 0 Å². The highest BCUT2D eigenvalue weighted by atomic mass is 32.1. The minimum atomic E-state index is -1.21. The van der Waals surface area contributed by atoms with Gasteiger partial charge < -0.3 is 15.0 Å². The Bertz CT molecular complexity index is 1240. The van der Waals surface area contributed by atoms with Crippen molar-refractivity contribution in [3.05, 3.63) is 62.7 Å². The number of anilines is 1. The first kappa shape index (κ1) is 16.0. The van der Waals surface area contributed by atoms with Crippen molar-refractivity contribution in [1.82, 2.24) is 14.2 Å². The first-order valence-electron chi connectivity index (χ1n) is 7.56. The monoisotopic (exact) mass is 368 g/mol. The number of thiophene rings is 1. The predicted molar refractivity (Wildman–Crippen MR) is 97.2 cm³/mol. The lowest BCUT2D eigenvalue weighted by molar-refractivity contribution is 0.0690. The minimum Gasteiger partial charge on any atom is -0.476 e. The molecule has 4 rings (SSSR count). The fraction of sp³-hybridized carbons (Fsp3) is 0.0588. The van der Waals surface area contributed by atoms with E-state index in [1.54, 1.807) is 47.3 Å². The van der Waals surface area contributed by atoms with Crippen molar-refractivity contribution in [3.63, 3.8) is 0 Å². The lowest BCUT2D eigenvalue weighted by Crippen LogP contribution is -2.19. The molecule has 4 aromatic rings. The topological polar surface area (TPSA) is 106 Å². The maximum absolute atomic E-state index is 12.7. The average Bonchev–Trinajstić information content (AvgIpc) is 3.29. The minimum absolute atomic E-state index is 0.209. The molecule has 1 aromatic carbocycles. The Morgan fingerprint density at radius 3 is 2.73 bits per heavy atom. The summed E-state index contributed by atoms with van der Waals surface area (Å²) in [4.78, 5) is 36.6. The number of aryl methyl sites for hydroxylation is 1. The molecular formula is C17H12N4O4S. The second kappa shape index (κ2) is 5.81. The number of amides is 1. The number of rotatable bonds is 3. The Kier molecular flexibility index (Phi) is 3.58. The fourth-order valence-electron chi connectivity index (χ4n) is 2.78. The standard InChI is InChI=1S/C17H12N4O4S/c1-20-12-5-4-9(18-15(22)13-3-2-6-26-13)7-10(12)16(23)21-14(20)8-11(19-21)17(24)25/h2-8H,1H3,(H,18,22)(H,24,25). The smallest absolute Gasteiger partial charge is 0.356 e. The largest absolute Gasteiger partial charge is 0.476 e. The summed E-state index contributed by atoms with van der Waals surface area (Å²) in [7, 11) is 1.72. The third-order valence-corrected chi connectivity index (χ3v) is 4.91. The quantitative estimate of drug-likeness (QED) is 0.577. The number of carboxylic acid groups (broad SMARTS) is 1. The van der Waals surface area contributed by atoms with Crippen LogP contribution in [0, 0.1) is 0 Å². The molecule has 9 heteroatoms. The molecular weight excluding hydrogens is 356 g/mol. The van der Waals surface area contributed by atoms with Crippen molar-refractivity contribution in [2.45, 2.75) is 0 Å². The van der Waals surface area contributed by atoms with Gasteiger partial charge >= 0.3 is 5.97 Å². The summed E-state index contributed by atoms with van der Waals surface area (Å²) in [5.41, 5.74) is 0.786. The summed E-state index contributed by atoms with van der Waals surface area (Å²) in [5, 5.41) is 17.8. The molecule has 0 radical (unpaired) electrons. The van der Waals surface area contributed by atoms with E-state index in [2.05, 4.69) is 10.4 Å². The van der Waals surface area contributed by atoms with Crippen LogP contribution in [0.1, 0.15) is 20.2 Å². The van der Waals surface area contributed by atoms with Crippen LogP contribution < -0.4 is 10.9 Å². The number of carboxylic acids is 1. The zero-order valence-electron chi connectivity index (χ0n) is 13.5. The van der Waals surface area contributed by atoms with Crippen LogP contribution in [0.2, 0.25) is 0 Å². The molecule has 0 fully saturated rings. The van der Waals surface area contributed by atoms with Crippen LogP contribution in [0.15, 0.2) is 46.6 Å².